The van der Waals surface area contributed by atoms with Crippen LogP contribution in [0.4, 0.5) is 8.78 Å². The molecule has 8 nitrogen and oxygen atoms in total. The minimum atomic E-state index is -2.58. The summed E-state index contributed by atoms with van der Waals surface area (Å²) in [4.78, 5) is 21.2. The molecule has 230 valence electrons. The molecule has 3 heterocycles. The number of likely N-dealkylation sites (tertiary alicyclic amines) is 2. The number of methoxy groups -OCH3 is 2. The molecule has 1 aromatic heterocycles. The zero-order valence-corrected chi connectivity index (χ0v) is 25.6. The number of nitrogens with two attached hydrogens (primary N) is 1. The van der Waals surface area contributed by atoms with Crippen molar-refractivity contribution in [2.75, 3.05) is 46.9 Å². The van der Waals surface area contributed by atoms with Gasteiger partial charge in [0.15, 0.2) is 0 Å². The number of amides is 1. The highest BCUT2D eigenvalue weighted by molar-refractivity contribution is 5.87. The molecule has 2 aliphatic rings. The maximum Gasteiger partial charge on any atom is 0.250 e. The van der Waals surface area contributed by atoms with Crippen molar-refractivity contribution in [1.29, 1.82) is 0 Å². The first-order chi connectivity index (χ1) is 20.5. The molecule has 10 heteroatoms. The normalized spacial score (nSPS) is 19.4. The molecule has 2 aliphatic heterocycles. The number of hydrogen-bond acceptors (Lipinski definition) is 6. The van der Waals surface area contributed by atoms with Gasteiger partial charge in [0, 0.05) is 75.7 Å². The molecule has 2 saturated heterocycles. The van der Waals surface area contributed by atoms with E-state index in [4.69, 9.17) is 15.2 Å². The van der Waals surface area contributed by atoms with Crippen molar-refractivity contribution < 1.29 is 23.0 Å². The second-order valence-electron chi connectivity index (χ2n) is 11.1. The lowest BCUT2D eigenvalue weighted by Gasteiger charge is -2.30. The number of halogens is 2. The zero-order valence-electron chi connectivity index (χ0n) is 25.6. The van der Waals surface area contributed by atoms with Crippen LogP contribution in [0.5, 0.6) is 11.5 Å². The highest BCUT2D eigenvalue weighted by Gasteiger charge is 2.33. The number of benzene rings is 1. The van der Waals surface area contributed by atoms with Crippen molar-refractivity contribution in [3.05, 3.63) is 58.2 Å². The average Bonchev–Trinajstić information content (AvgIpc) is 3.62. The molecule has 0 spiro atoms. The number of rotatable bonds is 7. The maximum atomic E-state index is 13.4. The third kappa shape index (κ3) is 7.85. The van der Waals surface area contributed by atoms with Crippen LogP contribution in [-0.2, 0) is 4.79 Å². The van der Waals surface area contributed by atoms with Crippen LogP contribution in [0.2, 0.25) is 0 Å². The number of ether oxygens (including phenoxy) is 2. The Labute approximate surface area is 252 Å². The molecule has 1 amide bonds. The molecule has 0 saturated carbocycles. The lowest BCUT2D eigenvalue weighted by molar-refractivity contribution is -0.125. The Morgan fingerprint density at radius 3 is 2.40 bits per heavy atom. The van der Waals surface area contributed by atoms with Crippen LogP contribution < -0.4 is 25.8 Å². The van der Waals surface area contributed by atoms with Gasteiger partial charge in [-0.3, -0.25) is 9.69 Å². The quantitative estimate of drug-likeness (QED) is 0.303. The van der Waals surface area contributed by atoms with Gasteiger partial charge in [0.1, 0.15) is 17.3 Å². The summed E-state index contributed by atoms with van der Waals surface area (Å²) >= 11 is 0. The summed E-state index contributed by atoms with van der Waals surface area (Å²) in [5.74, 6) is 5.52. The van der Waals surface area contributed by atoms with Crippen molar-refractivity contribution in [1.82, 2.24) is 14.4 Å². The third-order valence-corrected chi connectivity index (χ3v) is 7.80. The Hall–Kier alpha value is -4.10. The summed E-state index contributed by atoms with van der Waals surface area (Å²) in [6.45, 7) is 8.17. The van der Waals surface area contributed by atoms with E-state index >= 15 is 0 Å². The standard InChI is InChI=1S/C33H41F2N5O3/c1-6-37-32(36)30-25(10-9-24-18-27(42-4)20-28(19-24)43-5)21-40(31(30)23(2)3)26-11-15-39(22-26)29(41)8-7-14-38-16-12-33(34,35)13-17-38/h6-8,18-21,26H,11-17,22,36H2,1-5H3/b8-7+,32-30-,37-6-. The molecule has 2 aromatic rings. The summed E-state index contributed by atoms with van der Waals surface area (Å²) in [7, 11) is 3.19. The average molecular weight is 594 g/mol. The third-order valence-electron chi connectivity index (χ3n) is 7.80. The van der Waals surface area contributed by atoms with Crippen LogP contribution in [-0.4, -0.2) is 79.4 Å². The van der Waals surface area contributed by atoms with Gasteiger partial charge in [0.05, 0.1) is 36.4 Å². The summed E-state index contributed by atoms with van der Waals surface area (Å²) in [6, 6.07) is 5.50. The first-order valence-corrected chi connectivity index (χ1v) is 14.5. The van der Waals surface area contributed by atoms with Crippen LogP contribution in [0.15, 0.2) is 41.5 Å². The Bertz CT molecular complexity index is 1550. The van der Waals surface area contributed by atoms with E-state index in [9.17, 15) is 13.6 Å². The van der Waals surface area contributed by atoms with E-state index < -0.39 is 5.92 Å². The lowest BCUT2D eigenvalue weighted by atomic mass is 10.1. The SMILES string of the molecule is C/C=N\C(N)=c1\c(C#Cc2cc(OC)cc(OC)c2)cn(C2CCN(C(=O)/C=C/CN3CCC(F)(F)CC3)C2)c1=C(C)C. The fraction of sp³-hybridized carbons (Fsp3) is 0.455. The minimum Gasteiger partial charge on any atom is -0.497 e. The van der Waals surface area contributed by atoms with Crippen molar-refractivity contribution in [3.8, 4) is 23.3 Å². The van der Waals surface area contributed by atoms with E-state index in [0.717, 1.165) is 33.7 Å². The van der Waals surface area contributed by atoms with Crippen molar-refractivity contribution >= 4 is 23.5 Å². The Morgan fingerprint density at radius 2 is 1.79 bits per heavy atom. The number of aliphatic imine (C=N–C) groups is 1. The van der Waals surface area contributed by atoms with Gasteiger partial charge in [-0.15, -0.1) is 0 Å². The number of aromatic nitrogens is 1. The molecule has 0 radical (unpaired) electrons. The number of alkyl halides is 2. The molecule has 0 aliphatic carbocycles. The fourth-order valence-electron chi connectivity index (χ4n) is 5.54. The molecule has 4 rings (SSSR count). The summed E-state index contributed by atoms with van der Waals surface area (Å²) in [5.41, 5.74) is 9.01. The zero-order chi connectivity index (χ0) is 31.1. The molecule has 1 atom stereocenters. The number of piperidine rings is 1. The van der Waals surface area contributed by atoms with Crippen LogP contribution in [0, 0.1) is 11.8 Å². The van der Waals surface area contributed by atoms with Crippen LogP contribution in [0.25, 0.3) is 11.4 Å². The van der Waals surface area contributed by atoms with Crippen molar-refractivity contribution in [3.63, 3.8) is 0 Å². The molecule has 0 bridgehead atoms. The van der Waals surface area contributed by atoms with Crippen LogP contribution in [0.1, 0.15) is 57.2 Å². The maximum absolute atomic E-state index is 13.4. The largest absolute Gasteiger partial charge is 0.497 e. The molecule has 2 fully saturated rings. The second-order valence-corrected chi connectivity index (χ2v) is 11.1. The van der Waals surface area contributed by atoms with E-state index in [1.54, 1.807) is 38.7 Å². The number of hydrogen-bond donors (Lipinski definition) is 1. The van der Waals surface area contributed by atoms with E-state index in [-0.39, 0.29) is 24.8 Å². The molecule has 43 heavy (non-hydrogen) atoms. The van der Waals surface area contributed by atoms with Gasteiger partial charge in [0.25, 0.3) is 5.92 Å². The van der Waals surface area contributed by atoms with E-state index in [2.05, 4.69) is 21.4 Å². The molecular weight excluding hydrogens is 552 g/mol. The van der Waals surface area contributed by atoms with Gasteiger partial charge in [-0.2, -0.15) is 0 Å². The van der Waals surface area contributed by atoms with Crippen molar-refractivity contribution in [2.24, 2.45) is 10.7 Å². The number of carbonyl (C=O) groups excluding carboxylic acids is 1. The van der Waals surface area contributed by atoms with Gasteiger partial charge in [-0.25, -0.2) is 13.8 Å². The Balaban J connectivity index is 1.60. The molecule has 1 unspecified atom stereocenters. The van der Waals surface area contributed by atoms with Crippen LogP contribution in [0.3, 0.4) is 0 Å². The smallest absolute Gasteiger partial charge is 0.250 e. The van der Waals surface area contributed by atoms with E-state index in [0.29, 0.717) is 50.0 Å². The van der Waals surface area contributed by atoms with Crippen LogP contribution >= 0.6 is 0 Å². The predicted molar refractivity (Wildman–Crippen MR) is 166 cm³/mol. The Kier molecular flexibility index (Phi) is 10.3. The topological polar surface area (TPSA) is 85.3 Å². The van der Waals surface area contributed by atoms with E-state index in [1.807, 2.05) is 48.9 Å². The second kappa shape index (κ2) is 13.9. The fourth-order valence-corrected chi connectivity index (χ4v) is 5.54. The highest BCUT2D eigenvalue weighted by atomic mass is 19.3. The molecule has 1 aromatic carbocycles. The van der Waals surface area contributed by atoms with Gasteiger partial charge < -0.3 is 24.7 Å². The predicted octanol–water partition coefficient (Wildman–Crippen LogP) is 3.27. The van der Waals surface area contributed by atoms with Gasteiger partial charge in [0.2, 0.25) is 5.91 Å². The summed E-state index contributed by atoms with van der Waals surface area (Å²) < 4.78 is 39.8. The summed E-state index contributed by atoms with van der Waals surface area (Å²) in [5, 5.41) is 1.70. The highest BCUT2D eigenvalue weighted by Crippen LogP contribution is 2.27. The summed E-state index contributed by atoms with van der Waals surface area (Å²) in [6.07, 6.45) is 7.50. The molecular formula is C33H41F2N5O3. The first-order valence-electron chi connectivity index (χ1n) is 14.5. The van der Waals surface area contributed by atoms with Gasteiger partial charge >= 0.3 is 0 Å². The van der Waals surface area contributed by atoms with E-state index in [1.165, 1.54) is 0 Å². The monoisotopic (exact) mass is 593 g/mol. The lowest BCUT2D eigenvalue weighted by Crippen LogP contribution is -2.39. The number of carbonyl (C=O) groups is 1. The first kappa shape index (κ1) is 31.8. The minimum absolute atomic E-state index is 0.0243. The van der Waals surface area contributed by atoms with Gasteiger partial charge in [-0.05, 0) is 39.3 Å². The van der Waals surface area contributed by atoms with Gasteiger partial charge in [-0.1, -0.05) is 23.5 Å². The Morgan fingerprint density at radius 1 is 1.12 bits per heavy atom. The molecule has 2 N–H and O–H groups in total. The number of nitrogens with zero attached hydrogens (tertiary/aromatic N) is 4. The van der Waals surface area contributed by atoms with Crippen molar-refractivity contribution in [2.45, 2.75) is 52.0 Å².